The number of halogens is 1. The smallest absolute Gasteiger partial charge is 0.161 e. The van der Waals surface area contributed by atoms with Gasteiger partial charge in [-0.15, -0.1) is 0 Å². The van der Waals surface area contributed by atoms with Crippen LogP contribution in [0.1, 0.15) is 12.0 Å². The Bertz CT molecular complexity index is 616. The van der Waals surface area contributed by atoms with E-state index >= 15 is 0 Å². The monoisotopic (exact) mass is 428 g/mol. The summed E-state index contributed by atoms with van der Waals surface area (Å²) >= 11 is 2.25. The summed E-state index contributed by atoms with van der Waals surface area (Å²) in [5.74, 6) is 2.37. The lowest BCUT2D eigenvalue weighted by atomic mass is 10.2. The maximum Gasteiger partial charge on any atom is 0.161 e. The van der Waals surface area contributed by atoms with E-state index < -0.39 is 0 Å². The zero-order valence-corrected chi connectivity index (χ0v) is 15.5. The largest absolute Gasteiger partial charge is 0.496 e. The van der Waals surface area contributed by atoms with Crippen molar-refractivity contribution in [1.29, 1.82) is 0 Å². The fourth-order valence-electron chi connectivity index (χ4n) is 2.11. The molecule has 5 heteroatoms. The van der Waals surface area contributed by atoms with Crippen LogP contribution in [0.3, 0.4) is 0 Å². The van der Waals surface area contributed by atoms with Gasteiger partial charge in [0, 0.05) is 15.6 Å². The van der Waals surface area contributed by atoms with E-state index in [0.717, 1.165) is 32.8 Å². The van der Waals surface area contributed by atoms with Crippen LogP contribution in [-0.2, 0) is 11.3 Å². The predicted octanol–water partition coefficient (Wildman–Crippen LogP) is 4.29. The van der Waals surface area contributed by atoms with Gasteiger partial charge in [-0.3, -0.25) is 0 Å². The topological polar surface area (TPSA) is 36.9 Å². The first-order valence-electron chi connectivity index (χ1n) is 7.40. The molecule has 0 unspecified atom stereocenters. The molecule has 0 heterocycles. The van der Waals surface area contributed by atoms with Crippen LogP contribution in [-0.4, -0.2) is 27.4 Å². The zero-order chi connectivity index (χ0) is 16.5. The number of ether oxygens (including phenoxy) is 4. The summed E-state index contributed by atoms with van der Waals surface area (Å²) in [5.41, 5.74) is 1.05. The van der Waals surface area contributed by atoms with Gasteiger partial charge in [-0.25, -0.2) is 0 Å². The van der Waals surface area contributed by atoms with Crippen molar-refractivity contribution in [2.75, 3.05) is 27.4 Å². The third kappa shape index (κ3) is 5.58. The molecular weight excluding hydrogens is 407 g/mol. The van der Waals surface area contributed by atoms with Crippen molar-refractivity contribution in [2.45, 2.75) is 13.0 Å². The second-order valence-corrected chi connectivity index (χ2v) is 6.11. The van der Waals surface area contributed by atoms with Gasteiger partial charge in [-0.05, 0) is 46.9 Å². The van der Waals surface area contributed by atoms with Crippen LogP contribution in [0.2, 0.25) is 0 Å². The first-order valence-corrected chi connectivity index (χ1v) is 8.48. The Labute approximate surface area is 150 Å². The molecule has 0 aliphatic rings. The summed E-state index contributed by atoms with van der Waals surface area (Å²) in [7, 11) is 3.32. The Balaban J connectivity index is 1.70. The van der Waals surface area contributed by atoms with E-state index in [0.29, 0.717) is 19.8 Å². The van der Waals surface area contributed by atoms with Gasteiger partial charge in [0.1, 0.15) is 5.75 Å². The maximum atomic E-state index is 5.75. The summed E-state index contributed by atoms with van der Waals surface area (Å²) in [6.07, 6.45) is 0.810. The third-order valence-electron chi connectivity index (χ3n) is 3.27. The molecule has 0 saturated heterocycles. The van der Waals surface area contributed by atoms with Gasteiger partial charge in [0.15, 0.2) is 11.5 Å². The minimum atomic E-state index is 0.539. The van der Waals surface area contributed by atoms with Crippen LogP contribution in [0.5, 0.6) is 17.2 Å². The number of hydrogen-bond acceptors (Lipinski definition) is 4. The highest BCUT2D eigenvalue weighted by Crippen LogP contribution is 2.28. The van der Waals surface area contributed by atoms with Crippen molar-refractivity contribution in [3.8, 4) is 17.2 Å². The summed E-state index contributed by atoms with van der Waals surface area (Å²) in [5, 5.41) is 0. The van der Waals surface area contributed by atoms with Crippen LogP contribution in [0.15, 0.2) is 42.5 Å². The molecule has 0 spiro atoms. The number of rotatable bonds is 9. The highest BCUT2D eigenvalue weighted by Gasteiger charge is 2.05. The maximum absolute atomic E-state index is 5.75. The van der Waals surface area contributed by atoms with E-state index in [-0.39, 0.29) is 0 Å². The van der Waals surface area contributed by atoms with Crippen molar-refractivity contribution in [3.05, 3.63) is 51.6 Å². The Morgan fingerprint density at radius 1 is 0.870 bits per heavy atom. The normalized spacial score (nSPS) is 10.4. The summed E-state index contributed by atoms with van der Waals surface area (Å²) in [4.78, 5) is 0. The number of methoxy groups -OCH3 is 2. The molecule has 0 radical (unpaired) electrons. The molecule has 0 bridgehead atoms. The van der Waals surface area contributed by atoms with Gasteiger partial charge in [-0.2, -0.15) is 0 Å². The van der Waals surface area contributed by atoms with Crippen LogP contribution in [0.4, 0.5) is 0 Å². The van der Waals surface area contributed by atoms with E-state index in [4.69, 9.17) is 18.9 Å². The third-order valence-corrected chi connectivity index (χ3v) is 3.94. The van der Waals surface area contributed by atoms with Crippen molar-refractivity contribution in [3.63, 3.8) is 0 Å². The molecule has 23 heavy (non-hydrogen) atoms. The molecule has 0 aliphatic heterocycles. The minimum absolute atomic E-state index is 0.539. The van der Waals surface area contributed by atoms with Gasteiger partial charge in [0.2, 0.25) is 0 Å². The zero-order valence-electron chi connectivity index (χ0n) is 13.4. The van der Waals surface area contributed by atoms with Gasteiger partial charge in [0.25, 0.3) is 0 Å². The summed E-state index contributed by atoms with van der Waals surface area (Å²) < 4.78 is 23.2. The second-order valence-electron chi connectivity index (χ2n) is 4.86. The average molecular weight is 428 g/mol. The number of hydrogen-bond donors (Lipinski definition) is 0. The molecule has 0 saturated carbocycles. The molecule has 124 valence electrons. The Morgan fingerprint density at radius 2 is 1.65 bits per heavy atom. The minimum Gasteiger partial charge on any atom is -0.496 e. The van der Waals surface area contributed by atoms with E-state index in [9.17, 15) is 0 Å². The van der Waals surface area contributed by atoms with Gasteiger partial charge in [0.05, 0.1) is 34.0 Å². The summed E-state index contributed by atoms with van der Waals surface area (Å²) in [6.45, 7) is 1.75. The van der Waals surface area contributed by atoms with Crippen molar-refractivity contribution in [1.82, 2.24) is 0 Å². The highest BCUT2D eigenvalue weighted by atomic mass is 127. The fourth-order valence-corrected chi connectivity index (χ4v) is 2.57. The van der Waals surface area contributed by atoms with Crippen molar-refractivity contribution < 1.29 is 18.9 Å². The molecule has 4 nitrogen and oxygen atoms in total. The molecule has 2 rings (SSSR count). The molecule has 0 fully saturated rings. The lowest BCUT2D eigenvalue weighted by Crippen LogP contribution is -2.04. The van der Waals surface area contributed by atoms with Crippen LogP contribution in [0.25, 0.3) is 0 Å². The van der Waals surface area contributed by atoms with Gasteiger partial charge in [-0.1, -0.05) is 18.2 Å². The molecule has 0 N–H and O–H groups in total. The van der Waals surface area contributed by atoms with Crippen LogP contribution >= 0.6 is 22.6 Å². The highest BCUT2D eigenvalue weighted by molar-refractivity contribution is 14.1. The molecule has 0 atom stereocenters. The first kappa shape index (κ1) is 17.9. The van der Waals surface area contributed by atoms with Crippen LogP contribution in [0, 0.1) is 3.57 Å². The van der Waals surface area contributed by atoms with E-state index in [1.807, 2.05) is 42.5 Å². The van der Waals surface area contributed by atoms with Crippen LogP contribution < -0.4 is 14.2 Å². The molecule has 0 amide bonds. The summed E-state index contributed by atoms with van der Waals surface area (Å²) in [6, 6.07) is 13.7. The Hall–Kier alpha value is -1.47. The van der Waals surface area contributed by atoms with Crippen molar-refractivity contribution >= 4 is 22.6 Å². The van der Waals surface area contributed by atoms with E-state index in [1.165, 1.54) is 0 Å². The Kier molecular flexibility index (Phi) is 7.48. The van der Waals surface area contributed by atoms with Gasteiger partial charge >= 0.3 is 0 Å². The number of para-hydroxylation sites is 1. The fraction of sp³-hybridized carbons (Fsp3) is 0.333. The first-order chi connectivity index (χ1) is 11.2. The molecular formula is C18H21IO4. The predicted molar refractivity (Wildman–Crippen MR) is 98.5 cm³/mol. The Morgan fingerprint density at radius 3 is 2.43 bits per heavy atom. The molecule has 2 aromatic rings. The SMILES string of the molecule is COc1ccccc1COCCCOc1ccc(I)cc1OC. The lowest BCUT2D eigenvalue weighted by molar-refractivity contribution is 0.105. The molecule has 0 aromatic heterocycles. The van der Waals surface area contributed by atoms with E-state index in [1.54, 1.807) is 14.2 Å². The lowest BCUT2D eigenvalue weighted by Gasteiger charge is -2.11. The van der Waals surface area contributed by atoms with Crippen molar-refractivity contribution in [2.24, 2.45) is 0 Å². The molecule has 2 aromatic carbocycles. The average Bonchev–Trinajstić information content (AvgIpc) is 2.59. The van der Waals surface area contributed by atoms with Gasteiger partial charge < -0.3 is 18.9 Å². The second kappa shape index (κ2) is 9.62. The standard InChI is InChI=1S/C18H21IO4/c1-20-16-7-4-3-6-14(16)13-22-10-5-11-23-17-9-8-15(19)12-18(17)21-2/h3-4,6-9,12H,5,10-11,13H2,1-2H3. The van der Waals surface area contributed by atoms with E-state index in [2.05, 4.69) is 22.6 Å². The molecule has 0 aliphatic carbocycles. The quantitative estimate of drug-likeness (QED) is 0.441. The number of benzene rings is 2.